The van der Waals surface area contributed by atoms with Crippen molar-refractivity contribution in [3.63, 3.8) is 0 Å². The van der Waals surface area contributed by atoms with Crippen molar-refractivity contribution in [2.24, 2.45) is 0 Å². The van der Waals surface area contributed by atoms with E-state index in [0.29, 0.717) is 29.3 Å². The summed E-state index contributed by atoms with van der Waals surface area (Å²) in [4.78, 5) is 12.0. The lowest BCUT2D eigenvalue weighted by Gasteiger charge is -2.06. The molecule has 2 aromatic heterocycles. The molecule has 7 nitrogen and oxygen atoms in total. The molecule has 0 fully saturated rings. The van der Waals surface area contributed by atoms with Gasteiger partial charge in [0.25, 0.3) is 0 Å². The number of aryl methyl sites for hydroxylation is 2. The third-order valence-electron chi connectivity index (χ3n) is 2.68. The minimum Gasteiger partial charge on any atom is -0.454 e. The van der Waals surface area contributed by atoms with Crippen molar-refractivity contribution >= 4 is 11.7 Å². The van der Waals surface area contributed by atoms with Crippen LogP contribution in [0.1, 0.15) is 35.2 Å². The molecule has 0 radical (unpaired) electrons. The summed E-state index contributed by atoms with van der Waals surface area (Å²) < 4.78 is 11.5. The SMILES string of the molecule is CCCn1cc(N)cc1C(=O)OCc1nonc1C. The molecule has 2 aromatic rings. The lowest BCUT2D eigenvalue weighted by Crippen LogP contribution is -2.12. The van der Waals surface area contributed by atoms with E-state index in [1.54, 1.807) is 23.8 Å². The van der Waals surface area contributed by atoms with Gasteiger partial charge in [-0.3, -0.25) is 0 Å². The number of ether oxygens (including phenoxy) is 1. The van der Waals surface area contributed by atoms with Crippen LogP contribution in [0.5, 0.6) is 0 Å². The summed E-state index contributed by atoms with van der Waals surface area (Å²) in [5.74, 6) is -0.437. The highest BCUT2D eigenvalue weighted by atomic mass is 16.6. The van der Waals surface area contributed by atoms with Crippen LogP contribution in [0.4, 0.5) is 5.69 Å². The number of nitrogens with two attached hydrogens (primary N) is 1. The Balaban J connectivity index is 2.05. The molecule has 0 aliphatic heterocycles. The van der Waals surface area contributed by atoms with E-state index < -0.39 is 5.97 Å². The topological polar surface area (TPSA) is 96.2 Å². The third-order valence-corrected chi connectivity index (χ3v) is 2.68. The van der Waals surface area contributed by atoms with Gasteiger partial charge in [0.2, 0.25) is 0 Å². The van der Waals surface area contributed by atoms with E-state index >= 15 is 0 Å². The maximum Gasteiger partial charge on any atom is 0.355 e. The van der Waals surface area contributed by atoms with Gasteiger partial charge in [0.05, 0.1) is 5.69 Å². The van der Waals surface area contributed by atoms with Gasteiger partial charge in [-0.05, 0) is 19.4 Å². The van der Waals surface area contributed by atoms with Crippen molar-refractivity contribution in [1.29, 1.82) is 0 Å². The lowest BCUT2D eigenvalue weighted by atomic mass is 10.3. The molecular weight excluding hydrogens is 248 g/mol. The quantitative estimate of drug-likeness (QED) is 0.822. The molecule has 2 heterocycles. The number of aromatic nitrogens is 3. The van der Waals surface area contributed by atoms with Gasteiger partial charge >= 0.3 is 5.97 Å². The fourth-order valence-corrected chi connectivity index (χ4v) is 1.72. The first-order chi connectivity index (χ1) is 9.11. The number of rotatable bonds is 5. The lowest BCUT2D eigenvalue weighted by molar-refractivity contribution is 0.0450. The first-order valence-corrected chi connectivity index (χ1v) is 6.02. The van der Waals surface area contributed by atoms with E-state index in [4.69, 9.17) is 10.5 Å². The van der Waals surface area contributed by atoms with E-state index in [1.165, 1.54) is 0 Å². The Morgan fingerprint density at radius 1 is 1.53 bits per heavy atom. The molecule has 0 aliphatic rings. The number of nitrogens with zero attached hydrogens (tertiary/aromatic N) is 3. The van der Waals surface area contributed by atoms with Crippen LogP contribution in [0, 0.1) is 6.92 Å². The molecule has 19 heavy (non-hydrogen) atoms. The maximum absolute atomic E-state index is 12.0. The zero-order valence-electron chi connectivity index (χ0n) is 10.9. The van der Waals surface area contributed by atoms with Gasteiger partial charge in [0.1, 0.15) is 23.7 Å². The number of anilines is 1. The first-order valence-electron chi connectivity index (χ1n) is 6.02. The monoisotopic (exact) mass is 264 g/mol. The zero-order chi connectivity index (χ0) is 13.8. The minimum atomic E-state index is -0.437. The molecule has 0 atom stereocenters. The summed E-state index contributed by atoms with van der Waals surface area (Å²) in [6.07, 6.45) is 2.63. The second kappa shape index (κ2) is 5.55. The van der Waals surface area contributed by atoms with Crippen molar-refractivity contribution in [1.82, 2.24) is 14.9 Å². The molecule has 0 bridgehead atoms. The Morgan fingerprint density at radius 2 is 2.32 bits per heavy atom. The van der Waals surface area contributed by atoms with Crippen LogP contribution >= 0.6 is 0 Å². The zero-order valence-corrected chi connectivity index (χ0v) is 10.9. The van der Waals surface area contributed by atoms with Crippen molar-refractivity contribution in [2.45, 2.75) is 33.4 Å². The summed E-state index contributed by atoms with van der Waals surface area (Å²) >= 11 is 0. The van der Waals surface area contributed by atoms with E-state index in [2.05, 4.69) is 14.9 Å². The third kappa shape index (κ3) is 2.93. The number of nitrogen functional groups attached to an aromatic ring is 1. The van der Waals surface area contributed by atoms with Crippen LogP contribution in [0.15, 0.2) is 16.9 Å². The molecule has 0 saturated heterocycles. The number of carbonyl (C=O) groups excluding carboxylic acids is 1. The molecule has 0 amide bonds. The van der Waals surface area contributed by atoms with Gasteiger partial charge in [-0.1, -0.05) is 17.2 Å². The van der Waals surface area contributed by atoms with E-state index in [1.807, 2.05) is 6.92 Å². The molecule has 0 spiro atoms. The maximum atomic E-state index is 12.0. The molecule has 102 valence electrons. The van der Waals surface area contributed by atoms with Crippen LogP contribution < -0.4 is 5.73 Å². The van der Waals surface area contributed by atoms with E-state index in [-0.39, 0.29) is 6.61 Å². The Labute approximate surface area is 110 Å². The Morgan fingerprint density at radius 3 is 2.95 bits per heavy atom. The molecule has 0 saturated carbocycles. The summed E-state index contributed by atoms with van der Waals surface area (Å²) in [5.41, 5.74) is 7.79. The van der Waals surface area contributed by atoms with Crippen LogP contribution in [0.25, 0.3) is 0 Å². The minimum absolute atomic E-state index is 0.0331. The van der Waals surface area contributed by atoms with Crippen molar-refractivity contribution in [3.8, 4) is 0 Å². The highest BCUT2D eigenvalue weighted by Gasteiger charge is 2.15. The van der Waals surface area contributed by atoms with Gasteiger partial charge in [0.15, 0.2) is 0 Å². The molecular formula is C12H16N4O3. The summed E-state index contributed by atoms with van der Waals surface area (Å²) in [6, 6.07) is 1.60. The molecule has 0 aromatic carbocycles. The average Bonchev–Trinajstić information content (AvgIpc) is 2.93. The Bertz CT molecular complexity index is 573. The molecule has 2 N–H and O–H groups in total. The predicted octanol–water partition coefficient (Wildman–Crippen LogP) is 1.53. The molecule has 0 aliphatic carbocycles. The number of esters is 1. The standard InChI is InChI=1S/C12H16N4O3/c1-3-4-16-6-9(13)5-11(16)12(17)18-7-10-8(2)14-19-15-10/h5-6H,3-4,7,13H2,1-2H3. The Hall–Kier alpha value is -2.31. The van der Waals surface area contributed by atoms with Crippen molar-refractivity contribution < 1.29 is 14.2 Å². The van der Waals surface area contributed by atoms with Crippen LogP contribution in [0.2, 0.25) is 0 Å². The second-order valence-electron chi connectivity index (χ2n) is 4.22. The summed E-state index contributed by atoms with van der Waals surface area (Å²) in [7, 11) is 0. The highest BCUT2D eigenvalue weighted by molar-refractivity contribution is 5.89. The first kappa shape index (κ1) is 13.1. The second-order valence-corrected chi connectivity index (χ2v) is 4.22. The molecule has 7 heteroatoms. The van der Waals surface area contributed by atoms with Crippen LogP contribution in [-0.2, 0) is 17.9 Å². The number of hydrogen-bond acceptors (Lipinski definition) is 6. The van der Waals surface area contributed by atoms with Crippen molar-refractivity contribution in [2.75, 3.05) is 5.73 Å². The van der Waals surface area contributed by atoms with Gasteiger partial charge in [-0.25, -0.2) is 9.42 Å². The summed E-state index contributed by atoms with van der Waals surface area (Å²) in [6.45, 7) is 4.50. The fourth-order valence-electron chi connectivity index (χ4n) is 1.72. The van der Waals surface area contributed by atoms with Crippen LogP contribution in [0.3, 0.4) is 0 Å². The fraction of sp³-hybridized carbons (Fsp3) is 0.417. The van der Waals surface area contributed by atoms with Gasteiger partial charge in [-0.15, -0.1) is 0 Å². The Kier molecular flexibility index (Phi) is 3.84. The average molecular weight is 264 g/mol. The van der Waals surface area contributed by atoms with E-state index in [9.17, 15) is 4.79 Å². The van der Waals surface area contributed by atoms with Gasteiger partial charge < -0.3 is 15.0 Å². The van der Waals surface area contributed by atoms with Crippen molar-refractivity contribution in [3.05, 3.63) is 29.3 Å². The largest absolute Gasteiger partial charge is 0.454 e. The normalized spacial score (nSPS) is 10.6. The predicted molar refractivity (Wildman–Crippen MR) is 67.3 cm³/mol. The smallest absolute Gasteiger partial charge is 0.355 e. The molecule has 2 rings (SSSR count). The van der Waals surface area contributed by atoms with Gasteiger partial charge in [0, 0.05) is 12.7 Å². The molecule has 0 unspecified atom stereocenters. The van der Waals surface area contributed by atoms with E-state index in [0.717, 1.165) is 6.42 Å². The number of hydrogen-bond donors (Lipinski definition) is 1. The summed E-state index contributed by atoms with van der Waals surface area (Å²) in [5, 5.41) is 7.27. The van der Waals surface area contributed by atoms with Crippen LogP contribution in [-0.4, -0.2) is 20.8 Å². The van der Waals surface area contributed by atoms with Gasteiger partial charge in [-0.2, -0.15) is 0 Å². The highest BCUT2D eigenvalue weighted by Crippen LogP contribution is 2.14. The number of carbonyl (C=O) groups is 1.